The molecule has 0 aliphatic carbocycles. The van der Waals surface area contributed by atoms with Gasteiger partial charge in [-0.3, -0.25) is 4.79 Å². The molecule has 1 amide bonds. The summed E-state index contributed by atoms with van der Waals surface area (Å²) < 4.78 is 7.62. The molecule has 0 radical (unpaired) electrons. The van der Waals surface area contributed by atoms with Gasteiger partial charge in [-0.05, 0) is 50.1 Å². The molecular weight excluding hydrogens is 356 g/mol. The summed E-state index contributed by atoms with van der Waals surface area (Å²) in [6, 6.07) is 9.74. The van der Waals surface area contributed by atoms with Gasteiger partial charge in [0.05, 0.1) is 0 Å². The van der Waals surface area contributed by atoms with Gasteiger partial charge in [-0.1, -0.05) is 12.1 Å². The third-order valence-electron chi connectivity index (χ3n) is 5.27. The van der Waals surface area contributed by atoms with Crippen LogP contribution in [0, 0.1) is 13.8 Å². The lowest BCUT2D eigenvalue weighted by Gasteiger charge is -2.36. The summed E-state index contributed by atoms with van der Waals surface area (Å²) in [6.45, 7) is 8.60. The lowest BCUT2D eigenvalue weighted by atomic mass is 10.1. The molecule has 1 fully saturated rings. The number of aryl methyl sites for hydroxylation is 1. The monoisotopic (exact) mass is 380 g/mol. The minimum atomic E-state index is -0.515. The van der Waals surface area contributed by atoms with Crippen LogP contribution >= 0.6 is 0 Å². The van der Waals surface area contributed by atoms with E-state index in [1.165, 1.54) is 0 Å². The second-order valence-corrected chi connectivity index (χ2v) is 7.10. The second kappa shape index (κ2) is 7.46. The number of fused-ring (bicyclic) bond motifs is 1. The average molecular weight is 380 g/mol. The fraction of sp³-hybridized carbons (Fsp3) is 0.400. The molecule has 2 aromatic heterocycles. The van der Waals surface area contributed by atoms with Gasteiger partial charge in [0, 0.05) is 26.2 Å². The number of aromatic nitrogens is 4. The number of anilines is 1. The number of carbonyl (C=O) groups is 1. The first kappa shape index (κ1) is 18.2. The van der Waals surface area contributed by atoms with Crippen molar-refractivity contribution in [2.24, 2.45) is 0 Å². The Bertz CT molecular complexity index is 993. The molecule has 1 aliphatic rings. The molecule has 0 N–H and O–H groups in total. The van der Waals surface area contributed by atoms with E-state index in [1.54, 1.807) is 10.8 Å². The van der Waals surface area contributed by atoms with Crippen LogP contribution in [0.1, 0.15) is 18.1 Å². The zero-order valence-electron chi connectivity index (χ0n) is 16.4. The molecule has 8 heteroatoms. The average Bonchev–Trinajstić information content (AvgIpc) is 3.19. The van der Waals surface area contributed by atoms with E-state index >= 15 is 0 Å². The number of piperazine rings is 1. The minimum Gasteiger partial charge on any atom is -0.481 e. The fourth-order valence-electron chi connectivity index (χ4n) is 3.39. The van der Waals surface area contributed by atoms with E-state index < -0.39 is 6.10 Å². The Labute approximate surface area is 163 Å². The van der Waals surface area contributed by atoms with Crippen LogP contribution in [0.4, 0.5) is 5.82 Å². The Hall–Kier alpha value is -3.16. The van der Waals surface area contributed by atoms with Crippen molar-refractivity contribution in [1.29, 1.82) is 0 Å². The first-order chi connectivity index (χ1) is 13.5. The molecule has 1 aromatic carbocycles. The Morgan fingerprint density at radius 2 is 1.89 bits per heavy atom. The van der Waals surface area contributed by atoms with Gasteiger partial charge in [-0.25, -0.2) is 0 Å². The Morgan fingerprint density at radius 1 is 1.11 bits per heavy atom. The second-order valence-electron chi connectivity index (χ2n) is 7.10. The molecule has 1 saturated heterocycles. The first-order valence-electron chi connectivity index (χ1n) is 9.46. The fourth-order valence-corrected chi connectivity index (χ4v) is 3.39. The van der Waals surface area contributed by atoms with Gasteiger partial charge >= 0.3 is 0 Å². The lowest BCUT2D eigenvalue weighted by Crippen LogP contribution is -2.52. The van der Waals surface area contributed by atoms with Gasteiger partial charge in [-0.15, -0.1) is 15.3 Å². The van der Waals surface area contributed by atoms with Crippen molar-refractivity contribution in [2.45, 2.75) is 26.9 Å². The maximum absolute atomic E-state index is 12.8. The maximum atomic E-state index is 12.8. The third kappa shape index (κ3) is 3.49. The molecule has 28 heavy (non-hydrogen) atoms. The summed E-state index contributed by atoms with van der Waals surface area (Å²) in [7, 11) is 0. The molecule has 1 atom stereocenters. The van der Waals surface area contributed by atoms with Crippen molar-refractivity contribution in [3.63, 3.8) is 0 Å². The summed E-state index contributed by atoms with van der Waals surface area (Å²) in [5.41, 5.74) is 2.95. The predicted octanol–water partition coefficient (Wildman–Crippen LogP) is 1.86. The number of amides is 1. The largest absolute Gasteiger partial charge is 0.481 e. The number of ether oxygens (including phenoxy) is 1. The topological polar surface area (TPSA) is 75.9 Å². The van der Waals surface area contributed by atoms with Gasteiger partial charge in [-0.2, -0.15) is 4.52 Å². The van der Waals surface area contributed by atoms with Crippen LogP contribution in [0.15, 0.2) is 36.7 Å². The van der Waals surface area contributed by atoms with Crippen LogP contribution in [0.2, 0.25) is 0 Å². The summed E-state index contributed by atoms with van der Waals surface area (Å²) in [4.78, 5) is 16.9. The van der Waals surface area contributed by atoms with E-state index in [-0.39, 0.29) is 5.91 Å². The normalized spacial score (nSPS) is 15.7. The van der Waals surface area contributed by atoms with Crippen molar-refractivity contribution in [2.75, 3.05) is 31.1 Å². The third-order valence-corrected chi connectivity index (χ3v) is 5.27. The Kier molecular flexibility index (Phi) is 4.85. The number of nitrogens with zero attached hydrogens (tertiary/aromatic N) is 6. The van der Waals surface area contributed by atoms with E-state index in [4.69, 9.17) is 4.74 Å². The molecule has 0 bridgehead atoms. The number of hydrogen-bond donors (Lipinski definition) is 0. The Balaban J connectivity index is 1.37. The SMILES string of the molecule is Cc1cccc(OC(C)C(=O)N2CCN(c3ccc4nncn4n3)CC2)c1C. The van der Waals surface area contributed by atoms with E-state index in [1.807, 2.05) is 56.0 Å². The smallest absolute Gasteiger partial charge is 0.263 e. The number of rotatable bonds is 4. The van der Waals surface area contributed by atoms with Crippen molar-refractivity contribution >= 4 is 17.4 Å². The lowest BCUT2D eigenvalue weighted by molar-refractivity contribution is -0.138. The van der Waals surface area contributed by atoms with Crippen LogP contribution in [-0.4, -0.2) is 62.9 Å². The molecule has 1 aliphatic heterocycles. The van der Waals surface area contributed by atoms with Crippen LogP contribution in [0.25, 0.3) is 5.65 Å². The molecule has 0 saturated carbocycles. The zero-order chi connectivity index (χ0) is 19.7. The first-order valence-corrected chi connectivity index (χ1v) is 9.46. The molecule has 8 nitrogen and oxygen atoms in total. The predicted molar refractivity (Wildman–Crippen MR) is 106 cm³/mol. The maximum Gasteiger partial charge on any atom is 0.263 e. The highest BCUT2D eigenvalue weighted by atomic mass is 16.5. The standard InChI is InChI=1S/C20H24N6O2/c1-14-5-4-6-17(15(14)2)28-16(3)20(27)25-11-9-24(10-12-25)19-8-7-18-22-21-13-26(18)23-19/h4-8,13,16H,9-12H2,1-3H3. The number of benzene rings is 1. The summed E-state index contributed by atoms with van der Waals surface area (Å²) in [6.07, 6.45) is 1.07. The minimum absolute atomic E-state index is 0.0165. The van der Waals surface area contributed by atoms with Crippen LogP contribution in [-0.2, 0) is 4.79 Å². The number of carbonyl (C=O) groups excluding carboxylic acids is 1. The number of hydrogen-bond acceptors (Lipinski definition) is 6. The molecule has 0 spiro atoms. The van der Waals surface area contributed by atoms with Crippen LogP contribution < -0.4 is 9.64 Å². The highest BCUT2D eigenvalue weighted by molar-refractivity contribution is 5.81. The molecule has 1 unspecified atom stereocenters. The van der Waals surface area contributed by atoms with Crippen LogP contribution in [0.5, 0.6) is 5.75 Å². The summed E-state index contributed by atoms with van der Waals surface area (Å²) in [5.74, 6) is 1.65. The van der Waals surface area contributed by atoms with Gasteiger partial charge in [0.15, 0.2) is 11.8 Å². The summed E-state index contributed by atoms with van der Waals surface area (Å²) >= 11 is 0. The quantitative estimate of drug-likeness (QED) is 0.688. The van der Waals surface area contributed by atoms with Crippen LogP contribution in [0.3, 0.4) is 0 Å². The molecule has 4 rings (SSSR count). The molecule has 3 heterocycles. The van der Waals surface area contributed by atoms with E-state index in [2.05, 4.69) is 20.2 Å². The zero-order valence-corrected chi connectivity index (χ0v) is 16.4. The molecule has 3 aromatic rings. The van der Waals surface area contributed by atoms with Crippen molar-refractivity contribution in [3.8, 4) is 5.75 Å². The highest BCUT2D eigenvalue weighted by Gasteiger charge is 2.27. The molecule has 146 valence electrons. The van der Waals surface area contributed by atoms with Crippen molar-refractivity contribution in [1.82, 2.24) is 24.7 Å². The molecular formula is C20H24N6O2. The summed E-state index contributed by atoms with van der Waals surface area (Å²) in [5, 5.41) is 12.4. The van der Waals surface area contributed by atoms with E-state index in [0.29, 0.717) is 13.1 Å². The van der Waals surface area contributed by atoms with E-state index in [9.17, 15) is 4.79 Å². The van der Waals surface area contributed by atoms with Gasteiger partial charge in [0.2, 0.25) is 0 Å². The van der Waals surface area contributed by atoms with Gasteiger partial charge in [0.25, 0.3) is 5.91 Å². The Morgan fingerprint density at radius 3 is 2.68 bits per heavy atom. The van der Waals surface area contributed by atoms with Gasteiger partial charge in [0.1, 0.15) is 17.9 Å². The van der Waals surface area contributed by atoms with E-state index in [0.717, 1.165) is 41.4 Å². The highest BCUT2D eigenvalue weighted by Crippen LogP contribution is 2.22. The van der Waals surface area contributed by atoms with Gasteiger partial charge < -0.3 is 14.5 Å². The van der Waals surface area contributed by atoms with Crippen molar-refractivity contribution < 1.29 is 9.53 Å². The van der Waals surface area contributed by atoms with Crippen molar-refractivity contribution in [3.05, 3.63) is 47.8 Å².